The first kappa shape index (κ1) is 26.9. The van der Waals surface area contributed by atoms with Crippen molar-refractivity contribution in [2.75, 3.05) is 0 Å². The number of carbonyl (C=O) groups is 2. The lowest BCUT2D eigenvalue weighted by atomic mass is 10.0. The molecule has 0 spiro atoms. The fourth-order valence-electron chi connectivity index (χ4n) is 4.59. The number of hydrogen-bond acceptors (Lipinski definition) is 6. The molecule has 40 heavy (non-hydrogen) atoms. The predicted octanol–water partition coefficient (Wildman–Crippen LogP) is 4.09. The zero-order valence-corrected chi connectivity index (χ0v) is 21.4. The molecule has 0 unspecified atom stereocenters. The summed E-state index contributed by atoms with van der Waals surface area (Å²) in [6.45, 7) is 1.78. The zero-order chi connectivity index (χ0) is 28.6. The topological polar surface area (TPSA) is 115 Å². The van der Waals surface area contributed by atoms with Crippen LogP contribution in [0.25, 0.3) is 11.4 Å². The van der Waals surface area contributed by atoms with E-state index in [2.05, 4.69) is 30.7 Å². The molecule has 206 valence electrons. The molecule has 2 aromatic carbocycles. The fraction of sp³-hybridized carbons (Fsp3) is 0.259. The SMILES string of the molecule is Cc1cc(CNC(=O)c2cc(C(=O)N[C@H]3CCc4cc(-c5nc(C(F)(F)F)n(C)n5)ccc43)ncn2)ccc1F. The van der Waals surface area contributed by atoms with Gasteiger partial charge in [0.15, 0.2) is 5.82 Å². The Labute approximate surface area is 225 Å². The molecule has 1 aliphatic carbocycles. The lowest BCUT2D eigenvalue weighted by Gasteiger charge is -2.14. The van der Waals surface area contributed by atoms with E-state index in [1.807, 2.05) is 0 Å². The summed E-state index contributed by atoms with van der Waals surface area (Å²) in [5, 5.41) is 9.48. The molecule has 1 atom stereocenters. The Bertz CT molecular complexity index is 1620. The van der Waals surface area contributed by atoms with Crippen LogP contribution >= 0.6 is 0 Å². The van der Waals surface area contributed by atoms with Crippen LogP contribution in [0.3, 0.4) is 0 Å². The van der Waals surface area contributed by atoms with E-state index in [4.69, 9.17) is 0 Å². The van der Waals surface area contributed by atoms with Crippen molar-refractivity contribution in [2.24, 2.45) is 7.05 Å². The highest BCUT2D eigenvalue weighted by atomic mass is 19.4. The maximum absolute atomic E-state index is 13.5. The lowest BCUT2D eigenvalue weighted by molar-refractivity contribution is -0.147. The van der Waals surface area contributed by atoms with Gasteiger partial charge in [-0.2, -0.15) is 18.3 Å². The van der Waals surface area contributed by atoms with E-state index in [-0.39, 0.29) is 35.6 Å². The minimum Gasteiger partial charge on any atom is -0.347 e. The second kappa shape index (κ2) is 10.5. The molecule has 2 heterocycles. The first-order valence-corrected chi connectivity index (χ1v) is 12.3. The summed E-state index contributed by atoms with van der Waals surface area (Å²) in [5.41, 5.74) is 3.30. The summed E-state index contributed by atoms with van der Waals surface area (Å²) in [5.74, 6) is -2.48. The monoisotopic (exact) mass is 553 g/mol. The van der Waals surface area contributed by atoms with Crippen molar-refractivity contribution < 1.29 is 27.2 Å². The number of halogens is 4. The second-order valence-electron chi connectivity index (χ2n) is 9.41. The van der Waals surface area contributed by atoms with E-state index in [1.54, 1.807) is 37.3 Å². The molecule has 13 heteroatoms. The van der Waals surface area contributed by atoms with Gasteiger partial charge in [0.1, 0.15) is 23.5 Å². The number of amides is 2. The van der Waals surface area contributed by atoms with Gasteiger partial charge in [-0.1, -0.05) is 24.3 Å². The molecule has 0 saturated carbocycles. The third-order valence-electron chi connectivity index (χ3n) is 6.61. The van der Waals surface area contributed by atoms with E-state index >= 15 is 0 Å². The molecule has 0 radical (unpaired) electrons. The average Bonchev–Trinajstić information content (AvgIpc) is 3.52. The molecule has 9 nitrogen and oxygen atoms in total. The van der Waals surface area contributed by atoms with Crippen molar-refractivity contribution in [1.82, 2.24) is 35.4 Å². The standard InChI is InChI=1S/C27H23F4N7O2/c1-14-9-15(3-7-19(14)28)12-32-24(39)21-11-22(34-13-33-21)25(40)35-20-8-5-16-10-17(4-6-18(16)20)23-36-26(27(29,30)31)38(2)37-23/h3-4,6-7,9-11,13,20H,5,8,12H2,1-2H3,(H,32,39)(H,35,40)/t20-/m0/s1. The second-order valence-corrected chi connectivity index (χ2v) is 9.41. The van der Waals surface area contributed by atoms with Gasteiger partial charge in [-0.25, -0.2) is 24.0 Å². The van der Waals surface area contributed by atoms with E-state index in [9.17, 15) is 27.2 Å². The van der Waals surface area contributed by atoms with Crippen LogP contribution in [0.1, 0.15) is 61.5 Å². The Morgan fingerprint density at radius 3 is 2.50 bits per heavy atom. The summed E-state index contributed by atoms with van der Waals surface area (Å²) in [6.07, 6.45) is -2.33. The van der Waals surface area contributed by atoms with Crippen LogP contribution in [0.15, 0.2) is 48.8 Å². The molecule has 0 fully saturated rings. The van der Waals surface area contributed by atoms with Gasteiger partial charge in [0.2, 0.25) is 5.82 Å². The van der Waals surface area contributed by atoms with Crippen molar-refractivity contribution in [1.29, 1.82) is 0 Å². The maximum atomic E-state index is 13.5. The third kappa shape index (κ3) is 5.53. The van der Waals surface area contributed by atoms with Gasteiger partial charge < -0.3 is 10.6 Å². The van der Waals surface area contributed by atoms with Crippen LogP contribution < -0.4 is 10.6 Å². The first-order chi connectivity index (χ1) is 19.0. The summed E-state index contributed by atoms with van der Waals surface area (Å²) in [4.78, 5) is 37.1. The number of hydrogen-bond donors (Lipinski definition) is 2. The van der Waals surface area contributed by atoms with Crippen molar-refractivity contribution in [2.45, 2.75) is 38.5 Å². The molecule has 0 bridgehead atoms. The fourth-order valence-corrected chi connectivity index (χ4v) is 4.59. The quantitative estimate of drug-likeness (QED) is 0.348. The highest BCUT2D eigenvalue weighted by Crippen LogP contribution is 2.35. The minimum absolute atomic E-state index is 0.000197. The number of nitrogens with zero attached hydrogens (tertiary/aromatic N) is 5. The number of rotatable bonds is 6. The number of benzene rings is 2. The van der Waals surface area contributed by atoms with Crippen LogP contribution in [0.5, 0.6) is 0 Å². The highest BCUT2D eigenvalue weighted by molar-refractivity contribution is 5.97. The van der Waals surface area contributed by atoms with Gasteiger partial charge >= 0.3 is 6.18 Å². The van der Waals surface area contributed by atoms with Crippen LogP contribution in [-0.2, 0) is 26.2 Å². The minimum atomic E-state index is -4.62. The van der Waals surface area contributed by atoms with Crippen LogP contribution in [-0.4, -0.2) is 36.5 Å². The smallest absolute Gasteiger partial charge is 0.347 e. The largest absolute Gasteiger partial charge is 0.451 e. The van der Waals surface area contributed by atoms with Gasteiger partial charge in [-0.3, -0.25) is 9.59 Å². The van der Waals surface area contributed by atoms with Crippen molar-refractivity contribution in [3.63, 3.8) is 0 Å². The Kier molecular flexibility index (Phi) is 7.04. The van der Waals surface area contributed by atoms with Gasteiger partial charge in [-0.05, 0) is 54.2 Å². The first-order valence-electron chi connectivity index (χ1n) is 12.3. The van der Waals surface area contributed by atoms with Crippen LogP contribution in [0.4, 0.5) is 17.6 Å². The van der Waals surface area contributed by atoms with E-state index in [0.29, 0.717) is 34.2 Å². The summed E-state index contributed by atoms with van der Waals surface area (Å²) < 4.78 is 53.5. The van der Waals surface area contributed by atoms with Gasteiger partial charge in [-0.15, -0.1) is 0 Å². The number of aromatic nitrogens is 5. The van der Waals surface area contributed by atoms with Gasteiger partial charge in [0.25, 0.3) is 11.8 Å². The predicted molar refractivity (Wildman–Crippen MR) is 134 cm³/mol. The Hall–Kier alpha value is -4.68. The summed E-state index contributed by atoms with van der Waals surface area (Å²) >= 11 is 0. The summed E-state index contributed by atoms with van der Waals surface area (Å²) in [6, 6.07) is 10.5. The number of aryl methyl sites for hydroxylation is 3. The van der Waals surface area contributed by atoms with E-state index < -0.39 is 23.8 Å². The molecule has 2 aromatic heterocycles. The summed E-state index contributed by atoms with van der Waals surface area (Å²) in [7, 11) is 1.19. The molecule has 2 amide bonds. The molecule has 5 rings (SSSR count). The lowest BCUT2D eigenvalue weighted by Crippen LogP contribution is -2.29. The normalized spacial score (nSPS) is 14.6. The molecular weight excluding hydrogens is 530 g/mol. The maximum Gasteiger partial charge on any atom is 0.451 e. The van der Waals surface area contributed by atoms with Crippen molar-refractivity contribution >= 4 is 11.8 Å². The number of fused-ring (bicyclic) bond motifs is 1. The molecule has 2 N–H and O–H groups in total. The Balaban J connectivity index is 1.25. The van der Waals surface area contributed by atoms with E-state index in [1.165, 1.54) is 19.2 Å². The number of alkyl halides is 3. The van der Waals surface area contributed by atoms with Crippen molar-refractivity contribution in [3.05, 3.63) is 94.1 Å². The molecule has 4 aromatic rings. The number of nitrogens with one attached hydrogen (secondary N) is 2. The van der Waals surface area contributed by atoms with Gasteiger partial charge in [0.05, 0.1) is 6.04 Å². The number of carbonyl (C=O) groups excluding carboxylic acids is 2. The zero-order valence-electron chi connectivity index (χ0n) is 21.4. The molecular formula is C27H23F4N7O2. The Morgan fingerprint density at radius 1 is 1.05 bits per heavy atom. The van der Waals surface area contributed by atoms with Crippen LogP contribution in [0, 0.1) is 12.7 Å². The molecule has 0 aliphatic heterocycles. The van der Waals surface area contributed by atoms with Gasteiger partial charge in [0, 0.05) is 25.2 Å². The molecule has 0 saturated heterocycles. The Morgan fingerprint density at radius 2 is 1.80 bits per heavy atom. The highest BCUT2D eigenvalue weighted by Gasteiger charge is 2.37. The van der Waals surface area contributed by atoms with E-state index in [0.717, 1.165) is 17.5 Å². The molecule has 1 aliphatic rings. The van der Waals surface area contributed by atoms with Crippen molar-refractivity contribution in [3.8, 4) is 11.4 Å². The van der Waals surface area contributed by atoms with Crippen LogP contribution in [0.2, 0.25) is 0 Å². The average molecular weight is 554 g/mol. The third-order valence-corrected chi connectivity index (χ3v) is 6.61.